The van der Waals surface area contributed by atoms with E-state index >= 15 is 0 Å². The molecule has 0 aromatic carbocycles. The lowest BCUT2D eigenvalue weighted by molar-refractivity contribution is -0.331. The minimum atomic E-state index is -0.715. The summed E-state index contributed by atoms with van der Waals surface area (Å²) in [5, 5.41) is 0.306. The first kappa shape index (κ1) is 18.7. The highest BCUT2D eigenvalue weighted by Crippen LogP contribution is 2.43. The van der Waals surface area contributed by atoms with Gasteiger partial charge in [0.1, 0.15) is 36.4 Å². The maximum Gasteiger partial charge on any atom is 0.166 e. The topological polar surface area (TPSA) is 89.8 Å². The molecule has 28 heavy (non-hydrogen) atoms. The lowest BCUT2D eigenvalue weighted by Gasteiger charge is -2.42. The zero-order valence-corrected chi connectivity index (χ0v) is 16.9. The zero-order valence-electron chi connectivity index (χ0n) is 16.2. The van der Waals surface area contributed by atoms with Crippen molar-refractivity contribution in [2.75, 3.05) is 6.61 Å². The smallest absolute Gasteiger partial charge is 0.166 e. The number of nitrogens with zero attached hydrogens (tertiary/aromatic N) is 4. The molecule has 5 heterocycles. The molecule has 10 heteroatoms. The van der Waals surface area contributed by atoms with Gasteiger partial charge in [0.2, 0.25) is 0 Å². The Hall–Kier alpha value is -1.36. The molecule has 2 aromatic rings. The van der Waals surface area contributed by atoms with Crippen LogP contribution < -0.4 is 0 Å². The molecule has 0 aliphatic carbocycles. The summed E-state index contributed by atoms with van der Waals surface area (Å²) in [5.41, 5.74) is 1.14. The number of aromatic nitrogens is 4. The van der Waals surface area contributed by atoms with Gasteiger partial charge >= 0.3 is 0 Å². The largest absolute Gasteiger partial charge is 0.349 e. The summed E-state index contributed by atoms with van der Waals surface area (Å²) in [5.74, 6) is -1.41. The molecule has 0 saturated carbocycles. The highest BCUT2D eigenvalue weighted by molar-refractivity contribution is 6.33. The van der Waals surface area contributed by atoms with Gasteiger partial charge in [0.25, 0.3) is 0 Å². The number of hydrogen-bond acceptors (Lipinski definition) is 8. The molecule has 2 unspecified atom stereocenters. The van der Waals surface area contributed by atoms with Gasteiger partial charge in [0, 0.05) is 6.42 Å². The Kier molecular flexibility index (Phi) is 4.21. The second-order valence-electron chi connectivity index (χ2n) is 8.29. The fourth-order valence-electron chi connectivity index (χ4n) is 4.20. The van der Waals surface area contributed by atoms with E-state index in [1.54, 1.807) is 6.33 Å². The summed E-state index contributed by atoms with van der Waals surface area (Å²) in [4.78, 5) is 12.7. The van der Waals surface area contributed by atoms with Gasteiger partial charge in [-0.15, -0.1) is 0 Å². The molecule has 5 rings (SSSR count). The van der Waals surface area contributed by atoms with Crippen molar-refractivity contribution in [3.05, 3.63) is 17.8 Å². The number of rotatable bonds is 1. The summed E-state index contributed by atoms with van der Waals surface area (Å²) in [6.07, 6.45) is 2.15. The van der Waals surface area contributed by atoms with E-state index in [0.29, 0.717) is 29.3 Å². The number of imidazole rings is 1. The van der Waals surface area contributed by atoms with Crippen LogP contribution in [0, 0.1) is 0 Å². The third kappa shape index (κ3) is 3.10. The molecule has 0 bridgehead atoms. The van der Waals surface area contributed by atoms with E-state index in [-0.39, 0.29) is 30.6 Å². The van der Waals surface area contributed by atoms with E-state index in [2.05, 4.69) is 15.0 Å². The molecule has 0 radical (unpaired) electrons. The standard InChI is InChI=1S/C18H23ClN4O5/c1-17(2)24-6-10-14(27-17)13-9(26-18(3,4)28-13)5-11(25-10)23-8-22-12-15(19)20-7-21-16(12)23/h7-11,13-14H,5-6H2,1-4H3/t9-,10?,11-,13?,14+/m1/s1. The van der Waals surface area contributed by atoms with Crippen LogP contribution in [0.3, 0.4) is 0 Å². The van der Waals surface area contributed by atoms with E-state index in [9.17, 15) is 0 Å². The molecular formula is C18H23ClN4O5. The summed E-state index contributed by atoms with van der Waals surface area (Å²) >= 11 is 6.16. The Morgan fingerprint density at radius 2 is 1.75 bits per heavy atom. The lowest BCUT2D eigenvalue weighted by atomic mass is 10.0. The van der Waals surface area contributed by atoms with Crippen molar-refractivity contribution >= 4 is 22.8 Å². The fraction of sp³-hybridized carbons (Fsp3) is 0.722. The SMILES string of the molecule is CC1(C)OCC2O[C@@H](n3cnc4c(Cl)ncnc43)C[C@H]3OC(C)(C)OC3[C@H]2O1. The van der Waals surface area contributed by atoms with Crippen LogP contribution in [-0.2, 0) is 23.7 Å². The van der Waals surface area contributed by atoms with Gasteiger partial charge in [-0.3, -0.25) is 4.57 Å². The molecular weight excluding hydrogens is 388 g/mol. The van der Waals surface area contributed by atoms with E-state index in [1.807, 2.05) is 32.3 Å². The van der Waals surface area contributed by atoms with Crippen molar-refractivity contribution < 1.29 is 23.7 Å². The van der Waals surface area contributed by atoms with Crippen LogP contribution in [0.1, 0.15) is 40.3 Å². The Balaban J connectivity index is 1.53. The van der Waals surface area contributed by atoms with Crippen molar-refractivity contribution in [3.63, 3.8) is 0 Å². The molecule has 2 aromatic heterocycles. The Labute approximate surface area is 167 Å². The van der Waals surface area contributed by atoms with Crippen LogP contribution >= 0.6 is 11.6 Å². The number of fused-ring (bicyclic) bond motifs is 4. The summed E-state index contributed by atoms with van der Waals surface area (Å²) in [7, 11) is 0. The second kappa shape index (κ2) is 6.32. The van der Waals surface area contributed by atoms with Crippen molar-refractivity contribution in [2.24, 2.45) is 0 Å². The van der Waals surface area contributed by atoms with Crippen LogP contribution in [0.2, 0.25) is 5.15 Å². The molecule has 3 fully saturated rings. The van der Waals surface area contributed by atoms with Gasteiger partial charge in [0.05, 0.1) is 19.0 Å². The van der Waals surface area contributed by atoms with Crippen LogP contribution in [0.4, 0.5) is 0 Å². The van der Waals surface area contributed by atoms with Crippen LogP contribution in [0.5, 0.6) is 0 Å². The predicted octanol–water partition coefficient (Wildman–Crippen LogP) is 2.44. The van der Waals surface area contributed by atoms with Gasteiger partial charge in [-0.2, -0.15) is 0 Å². The fourth-order valence-corrected chi connectivity index (χ4v) is 4.38. The molecule has 0 amide bonds. The maximum atomic E-state index is 6.42. The van der Waals surface area contributed by atoms with Crippen LogP contribution in [0.15, 0.2) is 12.7 Å². The lowest BCUT2D eigenvalue weighted by Crippen LogP contribution is -2.55. The first-order valence-corrected chi connectivity index (χ1v) is 9.76. The molecule has 3 saturated heterocycles. The Morgan fingerprint density at radius 3 is 2.57 bits per heavy atom. The Bertz CT molecular complexity index is 903. The first-order valence-electron chi connectivity index (χ1n) is 9.38. The van der Waals surface area contributed by atoms with E-state index in [4.69, 9.17) is 35.3 Å². The van der Waals surface area contributed by atoms with Gasteiger partial charge in [0.15, 0.2) is 22.4 Å². The van der Waals surface area contributed by atoms with Gasteiger partial charge in [-0.1, -0.05) is 11.6 Å². The zero-order chi connectivity index (χ0) is 19.7. The molecule has 0 N–H and O–H groups in total. The number of hydrogen-bond donors (Lipinski definition) is 0. The average Bonchev–Trinajstić information content (AvgIpc) is 3.13. The molecule has 9 nitrogen and oxygen atoms in total. The second-order valence-corrected chi connectivity index (χ2v) is 8.64. The van der Waals surface area contributed by atoms with Crippen LogP contribution in [0.25, 0.3) is 11.2 Å². The third-order valence-corrected chi connectivity index (χ3v) is 5.59. The van der Waals surface area contributed by atoms with Gasteiger partial charge in [-0.25, -0.2) is 15.0 Å². The molecule has 152 valence electrons. The molecule has 3 aliphatic heterocycles. The highest BCUT2D eigenvalue weighted by atomic mass is 35.5. The third-order valence-electron chi connectivity index (χ3n) is 5.32. The minimum absolute atomic E-state index is 0.210. The normalized spacial score (nSPS) is 36.7. The summed E-state index contributed by atoms with van der Waals surface area (Å²) in [6, 6.07) is 0. The molecule has 5 atom stereocenters. The molecule has 3 aliphatic rings. The highest BCUT2D eigenvalue weighted by Gasteiger charge is 2.55. The van der Waals surface area contributed by atoms with Crippen molar-refractivity contribution in [3.8, 4) is 0 Å². The number of halogens is 1. The van der Waals surface area contributed by atoms with Crippen molar-refractivity contribution in [1.29, 1.82) is 0 Å². The van der Waals surface area contributed by atoms with Gasteiger partial charge in [-0.05, 0) is 27.7 Å². The quantitative estimate of drug-likeness (QED) is 0.662. The van der Waals surface area contributed by atoms with Crippen molar-refractivity contribution in [1.82, 2.24) is 19.5 Å². The maximum absolute atomic E-state index is 6.42. The van der Waals surface area contributed by atoms with E-state index < -0.39 is 11.6 Å². The number of ether oxygens (including phenoxy) is 5. The van der Waals surface area contributed by atoms with Crippen LogP contribution in [-0.4, -0.2) is 62.1 Å². The molecule has 0 spiro atoms. The predicted molar refractivity (Wildman–Crippen MR) is 97.6 cm³/mol. The summed E-state index contributed by atoms with van der Waals surface area (Å²) in [6.45, 7) is 8.00. The minimum Gasteiger partial charge on any atom is -0.349 e. The van der Waals surface area contributed by atoms with E-state index in [0.717, 1.165) is 0 Å². The first-order chi connectivity index (χ1) is 13.2. The summed E-state index contributed by atoms with van der Waals surface area (Å²) < 4.78 is 32.7. The van der Waals surface area contributed by atoms with Gasteiger partial charge < -0.3 is 23.7 Å². The monoisotopic (exact) mass is 410 g/mol. The Morgan fingerprint density at radius 1 is 1.00 bits per heavy atom. The van der Waals surface area contributed by atoms with Crippen molar-refractivity contribution in [2.45, 2.75) is 76.3 Å². The van der Waals surface area contributed by atoms with E-state index in [1.165, 1.54) is 6.33 Å². The average molecular weight is 411 g/mol.